The number of benzene rings is 2. The van der Waals surface area contributed by atoms with Crippen LogP contribution in [0, 0.1) is 15.9 Å². The second kappa shape index (κ2) is 5.45. The molecule has 5 nitrogen and oxygen atoms in total. The molecule has 0 bridgehead atoms. The smallest absolute Gasteiger partial charge is 0.304 e. The van der Waals surface area contributed by atoms with E-state index in [4.69, 9.17) is 0 Å². The van der Waals surface area contributed by atoms with Crippen LogP contribution in [0.1, 0.15) is 5.56 Å². The number of nitro groups is 1. The fraction of sp³-hybridized carbons (Fsp3) is 0.0714. The summed E-state index contributed by atoms with van der Waals surface area (Å²) in [5.41, 5.74) is 3.74. The third kappa shape index (κ3) is 2.82. The largest absolute Gasteiger partial charge is 0.381 e. The zero-order valence-corrected chi connectivity index (χ0v) is 11.6. The topological polar surface area (TPSA) is 68.1 Å². The van der Waals surface area contributed by atoms with Gasteiger partial charge in [0.15, 0.2) is 0 Å². The number of rotatable bonds is 4. The van der Waals surface area contributed by atoms with Crippen molar-refractivity contribution in [3.63, 3.8) is 0 Å². The van der Waals surface area contributed by atoms with E-state index >= 15 is 0 Å². The van der Waals surface area contributed by atoms with Gasteiger partial charge >= 0.3 is 5.69 Å². The molecule has 0 radical (unpaired) electrons. The molecular weight excluding hydrogens is 293 g/mol. The van der Waals surface area contributed by atoms with Crippen LogP contribution in [-0.4, -0.2) is 9.91 Å². The maximum Gasteiger partial charge on any atom is 0.304 e. The number of halogens is 1. The highest BCUT2D eigenvalue weighted by Crippen LogP contribution is 2.23. The Morgan fingerprint density at radius 2 is 2.14 bits per heavy atom. The van der Waals surface area contributed by atoms with Gasteiger partial charge in [-0.3, -0.25) is 10.1 Å². The molecule has 3 aromatic rings. The summed E-state index contributed by atoms with van der Waals surface area (Å²) in [7, 11) is 0. The van der Waals surface area contributed by atoms with Crippen molar-refractivity contribution in [3.8, 4) is 0 Å². The van der Waals surface area contributed by atoms with E-state index in [1.54, 1.807) is 22.9 Å². The Bertz CT molecular complexity index is 819. The van der Waals surface area contributed by atoms with Gasteiger partial charge in [0.2, 0.25) is 5.82 Å². The molecule has 1 aromatic heterocycles. The van der Waals surface area contributed by atoms with E-state index in [-0.39, 0.29) is 0 Å². The number of anilines is 1. The van der Waals surface area contributed by atoms with E-state index in [1.165, 1.54) is 12.1 Å². The summed E-state index contributed by atoms with van der Waals surface area (Å²) in [5.74, 6) is -0.822. The predicted octanol–water partition coefficient (Wildman–Crippen LogP) is 3.96. The van der Waals surface area contributed by atoms with Crippen molar-refractivity contribution in [1.82, 2.24) is 4.98 Å². The molecule has 0 saturated carbocycles. The Balaban J connectivity index is 1.75. The van der Waals surface area contributed by atoms with E-state index in [2.05, 4.69) is 10.3 Å². The lowest BCUT2D eigenvalue weighted by Crippen LogP contribution is -2.01. The van der Waals surface area contributed by atoms with E-state index in [1.807, 2.05) is 18.2 Å². The molecule has 0 saturated heterocycles. The van der Waals surface area contributed by atoms with E-state index in [9.17, 15) is 14.5 Å². The lowest BCUT2D eigenvalue weighted by Gasteiger charge is -2.06. The molecule has 0 spiro atoms. The lowest BCUT2D eigenvalue weighted by molar-refractivity contribution is -0.387. The van der Waals surface area contributed by atoms with E-state index in [0.29, 0.717) is 12.1 Å². The van der Waals surface area contributed by atoms with Gasteiger partial charge in [0, 0.05) is 18.3 Å². The van der Waals surface area contributed by atoms with Gasteiger partial charge in [0.25, 0.3) is 0 Å². The summed E-state index contributed by atoms with van der Waals surface area (Å²) < 4.78 is 14.6. The van der Waals surface area contributed by atoms with Crippen molar-refractivity contribution >= 4 is 32.9 Å². The first-order valence-electron chi connectivity index (χ1n) is 6.13. The normalized spacial score (nSPS) is 10.7. The average Bonchev–Trinajstić information content (AvgIpc) is 2.92. The van der Waals surface area contributed by atoms with Gasteiger partial charge in [0.05, 0.1) is 20.7 Å². The Kier molecular flexibility index (Phi) is 3.49. The van der Waals surface area contributed by atoms with Gasteiger partial charge in [-0.2, -0.15) is 4.39 Å². The second-order valence-electron chi connectivity index (χ2n) is 4.43. The molecule has 1 heterocycles. The molecule has 0 unspecified atom stereocenters. The van der Waals surface area contributed by atoms with Crippen LogP contribution in [0.25, 0.3) is 10.2 Å². The zero-order valence-electron chi connectivity index (χ0n) is 10.7. The molecule has 0 aliphatic heterocycles. The summed E-state index contributed by atoms with van der Waals surface area (Å²) in [5, 5.41) is 13.7. The van der Waals surface area contributed by atoms with Crippen LogP contribution in [0.3, 0.4) is 0 Å². The molecule has 0 aliphatic rings. The minimum Gasteiger partial charge on any atom is -0.381 e. The molecule has 0 aliphatic carbocycles. The van der Waals surface area contributed by atoms with Crippen LogP contribution < -0.4 is 5.32 Å². The Morgan fingerprint density at radius 1 is 1.29 bits per heavy atom. The second-order valence-corrected chi connectivity index (χ2v) is 5.32. The number of thiazole rings is 1. The summed E-state index contributed by atoms with van der Waals surface area (Å²) in [6.07, 6.45) is 0. The molecule has 1 N–H and O–H groups in total. The van der Waals surface area contributed by atoms with Crippen molar-refractivity contribution < 1.29 is 9.31 Å². The number of nitrogens with zero attached hydrogens (tertiary/aromatic N) is 2. The van der Waals surface area contributed by atoms with Crippen molar-refractivity contribution in [2.45, 2.75) is 6.54 Å². The third-order valence-electron chi connectivity index (χ3n) is 3.04. The van der Waals surface area contributed by atoms with Crippen molar-refractivity contribution in [2.24, 2.45) is 0 Å². The Hall–Kier alpha value is -2.54. The molecule has 3 rings (SSSR count). The van der Waals surface area contributed by atoms with Gasteiger partial charge in [-0.1, -0.05) is 6.07 Å². The molecule has 0 fully saturated rings. The van der Waals surface area contributed by atoms with E-state index < -0.39 is 16.4 Å². The average molecular weight is 303 g/mol. The minimum absolute atomic E-state index is 0.388. The monoisotopic (exact) mass is 303 g/mol. The number of hydrogen-bond acceptors (Lipinski definition) is 5. The van der Waals surface area contributed by atoms with Crippen molar-refractivity contribution in [3.05, 3.63) is 63.4 Å². The van der Waals surface area contributed by atoms with Crippen LogP contribution in [0.15, 0.2) is 41.9 Å². The third-order valence-corrected chi connectivity index (χ3v) is 3.83. The molecule has 0 atom stereocenters. The summed E-state index contributed by atoms with van der Waals surface area (Å²) in [6.45, 7) is 0.388. The number of fused-ring (bicyclic) bond motifs is 1. The molecule has 0 amide bonds. The molecular formula is C14H10FN3O2S. The van der Waals surface area contributed by atoms with Crippen LogP contribution >= 0.6 is 11.3 Å². The standard InChI is InChI=1S/C14H10FN3O2S/c15-11-5-9(1-4-13(11)18(19)20)7-16-10-2-3-12-14(6-10)21-8-17-12/h1-6,8,16H,7H2. The quantitative estimate of drug-likeness (QED) is 0.585. The number of hydrogen-bond donors (Lipinski definition) is 1. The zero-order chi connectivity index (χ0) is 14.8. The summed E-state index contributed by atoms with van der Waals surface area (Å²) in [6, 6.07) is 9.66. The highest BCUT2D eigenvalue weighted by Gasteiger charge is 2.13. The first-order chi connectivity index (χ1) is 10.1. The van der Waals surface area contributed by atoms with Gasteiger partial charge < -0.3 is 5.32 Å². The Morgan fingerprint density at radius 3 is 2.90 bits per heavy atom. The molecule has 7 heteroatoms. The molecule has 21 heavy (non-hydrogen) atoms. The lowest BCUT2D eigenvalue weighted by atomic mass is 10.2. The fourth-order valence-electron chi connectivity index (χ4n) is 1.98. The van der Waals surface area contributed by atoms with Gasteiger partial charge in [0.1, 0.15) is 0 Å². The summed E-state index contributed by atoms with van der Waals surface area (Å²) in [4.78, 5) is 14.0. The van der Waals surface area contributed by atoms with Gasteiger partial charge in [-0.15, -0.1) is 11.3 Å². The highest BCUT2D eigenvalue weighted by molar-refractivity contribution is 7.16. The van der Waals surface area contributed by atoms with E-state index in [0.717, 1.165) is 15.9 Å². The van der Waals surface area contributed by atoms with Crippen LogP contribution in [0.2, 0.25) is 0 Å². The highest BCUT2D eigenvalue weighted by atomic mass is 32.1. The Labute approximate surface area is 123 Å². The molecule has 2 aromatic carbocycles. The number of nitrogens with one attached hydrogen (secondary N) is 1. The van der Waals surface area contributed by atoms with Crippen molar-refractivity contribution in [1.29, 1.82) is 0 Å². The predicted molar refractivity (Wildman–Crippen MR) is 80.0 cm³/mol. The van der Waals surface area contributed by atoms with Crippen LogP contribution in [0.4, 0.5) is 15.8 Å². The SMILES string of the molecule is O=[N+]([O-])c1ccc(CNc2ccc3ncsc3c2)cc1F. The first kappa shape index (κ1) is 13.4. The summed E-state index contributed by atoms with van der Waals surface area (Å²) >= 11 is 1.54. The minimum atomic E-state index is -0.822. The molecule has 106 valence electrons. The number of aromatic nitrogens is 1. The first-order valence-corrected chi connectivity index (χ1v) is 7.01. The number of nitro benzene ring substituents is 1. The van der Waals surface area contributed by atoms with Crippen LogP contribution in [0.5, 0.6) is 0 Å². The van der Waals surface area contributed by atoms with Crippen LogP contribution in [-0.2, 0) is 6.54 Å². The van der Waals surface area contributed by atoms with Gasteiger partial charge in [-0.05, 0) is 29.8 Å². The van der Waals surface area contributed by atoms with Crippen molar-refractivity contribution in [2.75, 3.05) is 5.32 Å². The van der Waals surface area contributed by atoms with Gasteiger partial charge in [-0.25, -0.2) is 4.98 Å². The maximum absolute atomic E-state index is 13.5. The fourth-order valence-corrected chi connectivity index (χ4v) is 2.69. The maximum atomic E-state index is 13.5.